The second-order valence-corrected chi connectivity index (χ2v) is 5.28. The van der Waals surface area contributed by atoms with Gasteiger partial charge < -0.3 is 10.6 Å². The van der Waals surface area contributed by atoms with E-state index < -0.39 is 0 Å². The van der Waals surface area contributed by atoms with Gasteiger partial charge in [-0.2, -0.15) is 0 Å². The van der Waals surface area contributed by atoms with E-state index in [1.807, 2.05) is 23.3 Å². The van der Waals surface area contributed by atoms with Gasteiger partial charge in [0.25, 0.3) is 0 Å². The second kappa shape index (κ2) is 6.68. The lowest BCUT2D eigenvalue weighted by Gasteiger charge is -2.23. The fourth-order valence-corrected chi connectivity index (χ4v) is 2.14. The third-order valence-electron chi connectivity index (χ3n) is 3.00. The number of hydrogen-bond acceptors (Lipinski definition) is 4. The minimum atomic E-state index is -0.0172. The van der Waals surface area contributed by atoms with E-state index in [0.717, 1.165) is 25.3 Å². The van der Waals surface area contributed by atoms with Crippen LogP contribution in [0.4, 0.5) is 0 Å². The van der Waals surface area contributed by atoms with E-state index in [2.05, 4.69) is 26.0 Å². The van der Waals surface area contributed by atoms with E-state index in [1.165, 1.54) is 5.56 Å². The highest BCUT2D eigenvalue weighted by Gasteiger charge is 2.29. The number of nitrogens with two attached hydrogens (primary N) is 1. The molecule has 0 radical (unpaired) electrons. The van der Waals surface area contributed by atoms with Gasteiger partial charge >= 0.3 is 0 Å². The van der Waals surface area contributed by atoms with E-state index in [1.54, 1.807) is 0 Å². The highest BCUT2D eigenvalue weighted by molar-refractivity contribution is 5.77. The third kappa shape index (κ3) is 3.78. The molecule has 1 aliphatic heterocycles. The summed E-state index contributed by atoms with van der Waals surface area (Å²) in [6, 6.07) is 10.3. The van der Waals surface area contributed by atoms with Crippen LogP contribution in [-0.4, -0.2) is 24.1 Å². The normalized spacial score (nSPS) is 19.6. The first kappa shape index (κ1) is 14.0. The van der Waals surface area contributed by atoms with E-state index in [0.29, 0.717) is 12.5 Å². The van der Waals surface area contributed by atoms with Crippen molar-refractivity contribution < 1.29 is 4.84 Å². The Morgan fingerprint density at radius 3 is 2.68 bits per heavy atom. The van der Waals surface area contributed by atoms with Gasteiger partial charge in [0.15, 0.2) is 6.17 Å². The number of aliphatic imine (C=N–C) groups is 1. The van der Waals surface area contributed by atoms with Gasteiger partial charge in [0.05, 0.1) is 0 Å². The summed E-state index contributed by atoms with van der Waals surface area (Å²) in [4.78, 5) is 10.6. The van der Waals surface area contributed by atoms with Gasteiger partial charge in [-0.25, -0.2) is 4.99 Å². The van der Waals surface area contributed by atoms with Gasteiger partial charge in [0.2, 0.25) is 5.90 Å². The van der Waals surface area contributed by atoms with E-state index in [4.69, 9.17) is 15.6 Å². The molecule has 1 heterocycles. The van der Waals surface area contributed by atoms with Crippen molar-refractivity contribution in [3.63, 3.8) is 0 Å². The Morgan fingerprint density at radius 1 is 1.32 bits per heavy atom. The van der Waals surface area contributed by atoms with Crippen LogP contribution in [0.15, 0.2) is 35.3 Å². The smallest absolute Gasteiger partial charge is 0.211 e. The van der Waals surface area contributed by atoms with Crippen molar-refractivity contribution in [2.24, 2.45) is 16.6 Å². The van der Waals surface area contributed by atoms with Crippen molar-refractivity contribution in [1.29, 1.82) is 0 Å². The second-order valence-electron chi connectivity index (χ2n) is 5.28. The molecule has 0 fully saturated rings. The molecule has 0 amide bonds. The summed E-state index contributed by atoms with van der Waals surface area (Å²) in [6.45, 7) is 5.91. The number of rotatable bonds is 6. The lowest BCUT2D eigenvalue weighted by Crippen LogP contribution is -2.28. The quantitative estimate of drug-likeness (QED) is 0.856. The molecule has 2 rings (SSSR count). The molecule has 0 saturated carbocycles. The molecule has 0 aliphatic carbocycles. The molecule has 1 aromatic rings. The van der Waals surface area contributed by atoms with E-state index in [9.17, 15) is 0 Å². The molecule has 0 spiro atoms. The first-order valence-electron chi connectivity index (χ1n) is 6.97. The molecule has 0 unspecified atom stereocenters. The molecule has 19 heavy (non-hydrogen) atoms. The van der Waals surface area contributed by atoms with Crippen LogP contribution in [0, 0.1) is 5.92 Å². The first-order chi connectivity index (χ1) is 9.20. The van der Waals surface area contributed by atoms with Gasteiger partial charge in [-0.3, -0.25) is 0 Å². The molecule has 0 aromatic heterocycles. The van der Waals surface area contributed by atoms with Crippen LogP contribution in [0.3, 0.4) is 0 Å². The molecule has 4 heteroatoms. The Balaban J connectivity index is 2.12. The summed E-state index contributed by atoms with van der Waals surface area (Å²) in [5.41, 5.74) is 6.72. The maximum atomic E-state index is 5.87. The van der Waals surface area contributed by atoms with Crippen LogP contribution in [0.25, 0.3) is 0 Å². The van der Waals surface area contributed by atoms with Crippen LogP contribution in [0.2, 0.25) is 0 Å². The predicted octanol–water partition coefficient (Wildman–Crippen LogP) is 2.73. The van der Waals surface area contributed by atoms with Gasteiger partial charge in [-0.1, -0.05) is 44.2 Å². The summed E-state index contributed by atoms with van der Waals surface area (Å²) < 4.78 is 0. The third-order valence-corrected chi connectivity index (χ3v) is 3.00. The molecular weight excluding hydrogens is 238 g/mol. The Hall–Kier alpha value is -1.39. The average Bonchev–Trinajstić information content (AvgIpc) is 2.79. The fourth-order valence-electron chi connectivity index (χ4n) is 2.14. The lowest BCUT2D eigenvalue weighted by molar-refractivity contribution is -0.0943. The molecule has 0 bridgehead atoms. The molecule has 2 N–H and O–H groups in total. The number of hydrogen-bond donors (Lipinski definition) is 1. The summed E-state index contributed by atoms with van der Waals surface area (Å²) in [7, 11) is 0. The zero-order valence-corrected chi connectivity index (χ0v) is 11.7. The summed E-state index contributed by atoms with van der Waals surface area (Å²) in [5.74, 6) is 1.34. The lowest BCUT2D eigenvalue weighted by atomic mass is 10.1. The topological polar surface area (TPSA) is 50.9 Å². The standard InChI is InChI=1S/C15H23N3O/c1-12(2)11-18-15(13-7-4-3-5-8-13)17-14(19-18)9-6-10-16/h3-5,7-8,12,15H,6,9-11,16H2,1-2H3/t15-/m0/s1. The molecule has 1 atom stereocenters. The van der Waals surface area contributed by atoms with Crippen molar-refractivity contribution in [2.75, 3.05) is 13.1 Å². The first-order valence-corrected chi connectivity index (χ1v) is 6.97. The molecular formula is C15H23N3O. The van der Waals surface area contributed by atoms with E-state index >= 15 is 0 Å². The zero-order chi connectivity index (χ0) is 13.7. The number of nitrogens with zero attached hydrogens (tertiary/aromatic N) is 2. The Bertz CT molecular complexity index is 417. The molecule has 4 nitrogen and oxygen atoms in total. The molecule has 1 aromatic carbocycles. The van der Waals surface area contributed by atoms with Crippen LogP contribution < -0.4 is 5.73 Å². The monoisotopic (exact) mass is 261 g/mol. The SMILES string of the molecule is CC(C)CN1OC(CCCN)=N[C@@H]1c1ccccc1. The Labute approximate surface area is 115 Å². The summed E-state index contributed by atoms with van der Waals surface area (Å²) in [5, 5.41) is 1.98. The highest BCUT2D eigenvalue weighted by Crippen LogP contribution is 2.29. The zero-order valence-electron chi connectivity index (χ0n) is 11.7. The maximum Gasteiger partial charge on any atom is 0.211 e. The molecule has 1 aliphatic rings. The Kier molecular flexibility index (Phi) is 4.93. The summed E-state index contributed by atoms with van der Waals surface area (Å²) in [6.07, 6.45) is 1.71. The average molecular weight is 261 g/mol. The minimum Gasteiger partial charge on any atom is -0.388 e. The van der Waals surface area contributed by atoms with E-state index in [-0.39, 0.29) is 6.17 Å². The Morgan fingerprint density at radius 2 is 2.05 bits per heavy atom. The van der Waals surface area contributed by atoms with Crippen molar-refractivity contribution >= 4 is 5.90 Å². The van der Waals surface area contributed by atoms with Gasteiger partial charge in [0, 0.05) is 13.0 Å². The van der Waals surface area contributed by atoms with Crippen LogP contribution in [0.1, 0.15) is 38.4 Å². The maximum absolute atomic E-state index is 5.87. The minimum absolute atomic E-state index is 0.0172. The van der Waals surface area contributed by atoms with Gasteiger partial charge in [-0.05, 0) is 24.4 Å². The van der Waals surface area contributed by atoms with Crippen LogP contribution in [0.5, 0.6) is 0 Å². The van der Waals surface area contributed by atoms with Crippen molar-refractivity contribution in [3.8, 4) is 0 Å². The summed E-state index contributed by atoms with van der Waals surface area (Å²) >= 11 is 0. The van der Waals surface area contributed by atoms with Crippen molar-refractivity contribution in [2.45, 2.75) is 32.9 Å². The fraction of sp³-hybridized carbons (Fsp3) is 0.533. The molecule has 104 valence electrons. The predicted molar refractivity (Wildman–Crippen MR) is 77.5 cm³/mol. The van der Waals surface area contributed by atoms with Crippen molar-refractivity contribution in [1.82, 2.24) is 5.06 Å². The number of benzene rings is 1. The van der Waals surface area contributed by atoms with Crippen molar-refractivity contribution in [3.05, 3.63) is 35.9 Å². The van der Waals surface area contributed by atoms with Gasteiger partial charge in [0.1, 0.15) is 0 Å². The number of hydroxylamine groups is 2. The van der Waals surface area contributed by atoms with Crippen LogP contribution in [-0.2, 0) is 4.84 Å². The van der Waals surface area contributed by atoms with Gasteiger partial charge in [-0.15, -0.1) is 5.06 Å². The molecule has 0 saturated heterocycles. The van der Waals surface area contributed by atoms with Crippen LogP contribution >= 0.6 is 0 Å². The highest BCUT2D eigenvalue weighted by atomic mass is 16.7. The largest absolute Gasteiger partial charge is 0.388 e.